The largest absolute Gasteiger partial charge is 0.370 e. The molecule has 0 radical (unpaired) electrons. The van der Waals surface area contributed by atoms with E-state index >= 15 is 0 Å². The van der Waals surface area contributed by atoms with Gasteiger partial charge in [-0.05, 0) is 36.2 Å². The molecule has 0 aliphatic heterocycles. The van der Waals surface area contributed by atoms with Crippen molar-refractivity contribution in [3.8, 4) is 0 Å². The van der Waals surface area contributed by atoms with E-state index in [0.717, 1.165) is 18.8 Å². The fourth-order valence-electron chi connectivity index (χ4n) is 2.37. The Morgan fingerprint density at radius 2 is 1.72 bits per heavy atom. The number of nitrogens with one attached hydrogen (secondary N) is 2. The Morgan fingerprint density at radius 1 is 0.960 bits per heavy atom. The molecule has 0 bridgehead atoms. The Kier molecular flexibility index (Phi) is 5.65. The Hall–Kier alpha value is -2.85. The third-order valence-corrected chi connectivity index (χ3v) is 4.04. The van der Waals surface area contributed by atoms with Crippen LogP contribution in [0.5, 0.6) is 0 Å². The molecule has 2 N–H and O–H groups in total. The summed E-state index contributed by atoms with van der Waals surface area (Å²) >= 11 is 6.05. The molecule has 1 amide bonds. The molecule has 3 rings (SSSR count). The molecule has 126 valence electrons. The van der Waals surface area contributed by atoms with E-state index in [1.807, 2.05) is 30.3 Å². The maximum atomic E-state index is 12.2. The first-order valence-electron chi connectivity index (χ1n) is 8.02. The van der Waals surface area contributed by atoms with Crippen LogP contribution in [0.2, 0.25) is 5.02 Å². The van der Waals surface area contributed by atoms with Gasteiger partial charge >= 0.3 is 0 Å². The van der Waals surface area contributed by atoms with Crippen molar-refractivity contribution < 1.29 is 4.79 Å². The van der Waals surface area contributed by atoms with E-state index < -0.39 is 0 Å². The molecule has 0 atom stereocenters. The van der Waals surface area contributed by atoms with Gasteiger partial charge in [-0.15, -0.1) is 0 Å². The van der Waals surface area contributed by atoms with Crippen molar-refractivity contribution in [1.82, 2.24) is 4.98 Å². The van der Waals surface area contributed by atoms with Gasteiger partial charge in [0, 0.05) is 12.7 Å². The average molecular weight is 352 g/mol. The minimum absolute atomic E-state index is 0.239. The summed E-state index contributed by atoms with van der Waals surface area (Å²) in [7, 11) is 0. The molecule has 5 heteroatoms. The number of benzene rings is 2. The van der Waals surface area contributed by atoms with Gasteiger partial charge in [0.2, 0.25) is 0 Å². The summed E-state index contributed by atoms with van der Waals surface area (Å²) in [6.07, 6.45) is 2.47. The fourth-order valence-corrected chi connectivity index (χ4v) is 2.55. The summed E-state index contributed by atoms with van der Waals surface area (Å²) in [4.78, 5) is 16.5. The van der Waals surface area contributed by atoms with Crippen molar-refractivity contribution in [3.05, 3.63) is 89.1 Å². The second kappa shape index (κ2) is 8.31. The number of anilines is 2. The molecule has 25 heavy (non-hydrogen) atoms. The lowest BCUT2D eigenvalue weighted by molar-refractivity contribution is 0.102. The normalized spacial score (nSPS) is 10.3. The minimum atomic E-state index is -0.239. The Balaban J connectivity index is 1.54. The molecule has 0 fully saturated rings. The monoisotopic (exact) mass is 351 g/mol. The number of para-hydroxylation sites is 1. The van der Waals surface area contributed by atoms with Crippen LogP contribution in [0.1, 0.15) is 15.9 Å². The van der Waals surface area contributed by atoms with E-state index in [1.165, 1.54) is 5.56 Å². The predicted octanol–water partition coefficient (Wildman–Crippen LogP) is 4.64. The molecule has 0 unspecified atom stereocenters. The van der Waals surface area contributed by atoms with E-state index in [2.05, 4.69) is 27.8 Å². The Bertz CT molecular complexity index is 835. The number of rotatable bonds is 6. The number of amides is 1. The van der Waals surface area contributed by atoms with Gasteiger partial charge in [0.25, 0.3) is 5.91 Å². The van der Waals surface area contributed by atoms with Crippen LogP contribution in [-0.2, 0) is 6.42 Å². The lowest BCUT2D eigenvalue weighted by Crippen LogP contribution is -2.13. The summed E-state index contributed by atoms with van der Waals surface area (Å²) < 4.78 is 0. The smallest absolute Gasteiger partial charge is 0.257 e. The lowest BCUT2D eigenvalue weighted by Gasteiger charge is -2.08. The summed E-state index contributed by atoms with van der Waals surface area (Å²) in [5.41, 5.74) is 2.33. The van der Waals surface area contributed by atoms with E-state index in [4.69, 9.17) is 11.6 Å². The molecule has 0 aliphatic carbocycles. The quantitative estimate of drug-likeness (QED) is 0.680. The van der Waals surface area contributed by atoms with Crippen LogP contribution in [0, 0.1) is 0 Å². The SMILES string of the molecule is O=C(Nc1ccccc1Cl)c1ccc(NCCc2ccccc2)nc1. The summed E-state index contributed by atoms with van der Waals surface area (Å²) in [6.45, 7) is 0.780. The molecular weight excluding hydrogens is 334 g/mol. The van der Waals surface area contributed by atoms with Crippen LogP contribution in [0.25, 0.3) is 0 Å². The number of carbonyl (C=O) groups is 1. The zero-order valence-corrected chi connectivity index (χ0v) is 14.3. The second-order valence-corrected chi connectivity index (χ2v) is 5.94. The number of pyridine rings is 1. The third-order valence-electron chi connectivity index (χ3n) is 3.71. The number of hydrogen-bond donors (Lipinski definition) is 2. The maximum absolute atomic E-state index is 12.2. The molecule has 0 aliphatic rings. The molecule has 2 aromatic carbocycles. The highest BCUT2D eigenvalue weighted by molar-refractivity contribution is 6.33. The van der Waals surface area contributed by atoms with Crippen LogP contribution in [0.4, 0.5) is 11.5 Å². The van der Waals surface area contributed by atoms with Crippen LogP contribution in [0.3, 0.4) is 0 Å². The van der Waals surface area contributed by atoms with Gasteiger partial charge in [0.15, 0.2) is 0 Å². The fraction of sp³-hybridized carbons (Fsp3) is 0.100. The van der Waals surface area contributed by atoms with Gasteiger partial charge in [0.05, 0.1) is 16.3 Å². The first kappa shape index (κ1) is 17.0. The first-order valence-corrected chi connectivity index (χ1v) is 8.40. The summed E-state index contributed by atoms with van der Waals surface area (Å²) in [5, 5.41) is 6.54. The third kappa shape index (κ3) is 4.81. The predicted molar refractivity (Wildman–Crippen MR) is 102 cm³/mol. The van der Waals surface area contributed by atoms with Crippen molar-refractivity contribution in [2.24, 2.45) is 0 Å². The van der Waals surface area contributed by atoms with Gasteiger partial charge in [-0.3, -0.25) is 4.79 Å². The van der Waals surface area contributed by atoms with E-state index in [-0.39, 0.29) is 5.91 Å². The standard InChI is InChI=1S/C20H18ClN3O/c21-17-8-4-5-9-18(17)24-20(25)16-10-11-19(23-14-16)22-13-12-15-6-2-1-3-7-15/h1-11,14H,12-13H2,(H,22,23)(H,24,25). The summed E-state index contributed by atoms with van der Waals surface area (Å²) in [6, 6.07) is 20.9. The highest BCUT2D eigenvalue weighted by Crippen LogP contribution is 2.21. The van der Waals surface area contributed by atoms with E-state index in [9.17, 15) is 4.79 Å². The number of nitrogens with zero attached hydrogens (tertiary/aromatic N) is 1. The van der Waals surface area contributed by atoms with Crippen LogP contribution in [-0.4, -0.2) is 17.4 Å². The molecule has 3 aromatic rings. The van der Waals surface area contributed by atoms with Crippen LogP contribution < -0.4 is 10.6 Å². The van der Waals surface area contributed by atoms with Gasteiger partial charge in [-0.2, -0.15) is 0 Å². The number of aromatic nitrogens is 1. The van der Waals surface area contributed by atoms with Crippen molar-refractivity contribution in [2.75, 3.05) is 17.2 Å². The van der Waals surface area contributed by atoms with Gasteiger partial charge in [0.1, 0.15) is 5.82 Å². The molecule has 0 saturated carbocycles. The molecule has 0 spiro atoms. The lowest BCUT2D eigenvalue weighted by atomic mass is 10.1. The molecule has 0 saturated heterocycles. The molecule has 4 nitrogen and oxygen atoms in total. The van der Waals surface area contributed by atoms with Gasteiger partial charge in [-0.25, -0.2) is 4.98 Å². The Labute approximate surface area is 151 Å². The highest BCUT2D eigenvalue weighted by Gasteiger charge is 2.08. The zero-order valence-electron chi connectivity index (χ0n) is 13.6. The minimum Gasteiger partial charge on any atom is -0.370 e. The zero-order chi connectivity index (χ0) is 17.5. The maximum Gasteiger partial charge on any atom is 0.257 e. The molecular formula is C20H18ClN3O. The van der Waals surface area contributed by atoms with E-state index in [1.54, 1.807) is 30.5 Å². The van der Waals surface area contributed by atoms with Crippen molar-refractivity contribution in [3.63, 3.8) is 0 Å². The number of halogens is 1. The van der Waals surface area contributed by atoms with Crippen molar-refractivity contribution in [2.45, 2.75) is 6.42 Å². The number of carbonyl (C=O) groups excluding carboxylic acids is 1. The Morgan fingerprint density at radius 3 is 2.44 bits per heavy atom. The highest BCUT2D eigenvalue weighted by atomic mass is 35.5. The van der Waals surface area contributed by atoms with Crippen molar-refractivity contribution in [1.29, 1.82) is 0 Å². The molecule has 1 heterocycles. The first-order chi connectivity index (χ1) is 12.2. The van der Waals surface area contributed by atoms with Crippen molar-refractivity contribution >= 4 is 29.0 Å². The second-order valence-electron chi connectivity index (χ2n) is 5.53. The average Bonchev–Trinajstić information content (AvgIpc) is 2.65. The van der Waals surface area contributed by atoms with Crippen LogP contribution in [0.15, 0.2) is 72.9 Å². The molecule has 1 aromatic heterocycles. The van der Waals surface area contributed by atoms with Gasteiger partial charge < -0.3 is 10.6 Å². The topological polar surface area (TPSA) is 54.0 Å². The van der Waals surface area contributed by atoms with Gasteiger partial charge in [-0.1, -0.05) is 54.1 Å². The van der Waals surface area contributed by atoms with Crippen LogP contribution >= 0.6 is 11.6 Å². The van der Waals surface area contributed by atoms with E-state index in [0.29, 0.717) is 16.3 Å². The number of hydrogen-bond acceptors (Lipinski definition) is 3. The summed E-state index contributed by atoms with van der Waals surface area (Å²) in [5.74, 6) is 0.502.